The summed E-state index contributed by atoms with van der Waals surface area (Å²) in [6.07, 6.45) is 1.80. The number of methoxy groups -OCH3 is 1. The zero-order valence-electron chi connectivity index (χ0n) is 12.7. The van der Waals surface area contributed by atoms with Gasteiger partial charge in [-0.15, -0.1) is 0 Å². The molecule has 5 heteroatoms. The van der Waals surface area contributed by atoms with Gasteiger partial charge < -0.3 is 19.7 Å². The molecule has 1 aliphatic rings. The standard InChI is InChI=1S/C17H20N2O3/c1-11-6-7-18-16(11)17(21)19-10-13(20)9-15(19)12-4-3-5-14(8-12)22-2/h3-8,13,15,18,20H,9-10H2,1-2H3/t13-,15+/m1/s1. The fourth-order valence-electron chi connectivity index (χ4n) is 3.02. The molecule has 2 N–H and O–H groups in total. The van der Waals surface area contributed by atoms with E-state index in [4.69, 9.17) is 4.74 Å². The maximum Gasteiger partial charge on any atom is 0.271 e. The van der Waals surface area contributed by atoms with Gasteiger partial charge in [0.1, 0.15) is 11.4 Å². The third-order valence-electron chi connectivity index (χ3n) is 4.19. The number of H-pyrrole nitrogens is 1. The van der Waals surface area contributed by atoms with Crippen molar-refractivity contribution < 1.29 is 14.6 Å². The first-order chi connectivity index (χ1) is 10.6. The van der Waals surface area contributed by atoms with Crippen LogP contribution in [-0.4, -0.2) is 40.7 Å². The van der Waals surface area contributed by atoms with E-state index in [2.05, 4.69) is 4.98 Å². The Balaban J connectivity index is 1.92. The topological polar surface area (TPSA) is 65.6 Å². The second-order valence-electron chi connectivity index (χ2n) is 5.68. The van der Waals surface area contributed by atoms with Gasteiger partial charge in [-0.05, 0) is 42.7 Å². The monoisotopic (exact) mass is 300 g/mol. The highest BCUT2D eigenvalue weighted by molar-refractivity contribution is 5.94. The first kappa shape index (κ1) is 14.7. The van der Waals surface area contributed by atoms with Crippen LogP contribution in [0.25, 0.3) is 0 Å². The largest absolute Gasteiger partial charge is 0.497 e. The van der Waals surface area contributed by atoms with Gasteiger partial charge in [0.2, 0.25) is 0 Å². The zero-order chi connectivity index (χ0) is 15.7. The Morgan fingerprint density at radius 1 is 1.41 bits per heavy atom. The van der Waals surface area contributed by atoms with Gasteiger partial charge in [-0.1, -0.05) is 12.1 Å². The van der Waals surface area contributed by atoms with Crippen LogP contribution in [-0.2, 0) is 0 Å². The molecule has 0 saturated carbocycles. The molecule has 2 atom stereocenters. The van der Waals surface area contributed by atoms with Crippen LogP contribution in [0.1, 0.15) is 34.1 Å². The molecule has 0 spiro atoms. The van der Waals surface area contributed by atoms with Crippen LogP contribution < -0.4 is 4.74 Å². The normalized spacial score (nSPS) is 21.1. The first-order valence-electron chi connectivity index (χ1n) is 7.37. The van der Waals surface area contributed by atoms with Crippen LogP contribution >= 0.6 is 0 Å². The molecule has 1 saturated heterocycles. The van der Waals surface area contributed by atoms with Crippen molar-refractivity contribution in [2.45, 2.75) is 25.5 Å². The molecule has 0 bridgehead atoms. The average molecular weight is 300 g/mol. The highest BCUT2D eigenvalue weighted by Crippen LogP contribution is 2.34. The molecular formula is C17H20N2O3. The number of hydrogen-bond donors (Lipinski definition) is 2. The predicted molar refractivity (Wildman–Crippen MR) is 82.9 cm³/mol. The van der Waals surface area contributed by atoms with Gasteiger partial charge in [0.05, 0.1) is 19.3 Å². The lowest BCUT2D eigenvalue weighted by Gasteiger charge is -2.25. The summed E-state index contributed by atoms with van der Waals surface area (Å²) in [6.45, 7) is 2.25. The molecule has 1 aromatic carbocycles. The van der Waals surface area contributed by atoms with Crippen molar-refractivity contribution in [2.75, 3.05) is 13.7 Å². The molecule has 1 aromatic heterocycles. The Morgan fingerprint density at radius 3 is 2.91 bits per heavy atom. The predicted octanol–water partition coefficient (Wildman–Crippen LogP) is 2.28. The number of amides is 1. The van der Waals surface area contributed by atoms with Crippen molar-refractivity contribution in [2.24, 2.45) is 0 Å². The van der Waals surface area contributed by atoms with Crippen LogP contribution in [0.3, 0.4) is 0 Å². The number of hydrogen-bond acceptors (Lipinski definition) is 3. The Bertz CT molecular complexity index is 680. The summed E-state index contributed by atoms with van der Waals surface area (Å²) in [5.41, 5.74) is 2.48. The van der Waals surface area contributed by atoms with E-state index in [1.165, 1.54) is 0 Å². The lowest BCUT2D eigenvalue weighted by atomic mass is 10.0. The van der Waals surface area contributed by atoms with Crippen LogP contribution in [0.5, 0.6) is 5.75 Å². The number of carbonyl (C=O) groups is 1. The van der Waals surface area contributed by atoms with E-state index in [9.17, 15) is 9.90 Å². The van der Waals surface area contributed by atoms with Crippen molar-refractivity contribution >= 4 is 5.91 Å². The Hall–Kier alpha value is -2.27. The van der Waals surface area contributed by atoms with E-state index in [1.54, 1.807) is 18.2 Å². The molecule has 1 amide bonds. The SMILES string of the molecule is COc1cccc([C@@H]2C[C@@H](O)CN2C(=O)c2[nH]ccc2C)c1. The summed E-state index contributed by atoms with van der Waals surface area (Å²) in [5.74, 6) is 0.675. The number of rotatable bonds is 3. The fourth-order valence-corrected chi connectivity index (χ4v) is 3.02. The molecule has 22 heavy (non-hydrogen) atoms. The molecule has 5 nitrogen and oxygen atoms in total. The summed E-state index contributed by atoms with van der Waals surface area (Å²) in [6, 6.07) is 9.40. The number of aliphatic hydroxyl groups is 1. The van der Waals surface area contributed by atoms with E-state index >= 15 is 0 Å². The van der Waals surface area contributed by atoms with Gasteiger partial charge in [-0.2, -0.15) is 0 Å². The quantitative estimate of drug-likeness (QED) is 0.914. The number of aliphatic hydroxyl groups excluding tert-OH is 1. The highest BCUT2D eigenvalue weighted by Gasteiger charge is 2.36. The molecule has 2 heterocycles. The Kier molecular flexibility index (Phi) is 3.90. The number of nitrogens with one attached hydrogen (secondary N) is 1. The fraction of sp³-hybridized carbons (Fsp3) is 0.353. The average Bonchev–Trinajstić information content (AvgIpc) is 3.12. The maximum absolute atomic E-state index is 12.8. The number of aromatic amines is 1. The second-order valence-corrected chi connectivity index (χ2v) is 5.68. The van der Waals surface area contributed by atoms with E-state index in [0.29, 0.717) is 18.7 Å². The Labute approximate surface area is 129 Å². The van der Waals surface area contributed by atoms with Crippen molar-refractivity contribution in [3.05, 3.63) is 53.3 Å². The molecule has 2 aromatic rings. The third-order valence-corrected chi connectivity index (χ3v) is 4.19. The van der Waals surface area contributed by atoms with E-state index < -0.39 is 6.10 Å². The van der Waals surface area contributed by atoms with Gasteiger partial charge in [0.15, 0.2) is 0 Å². The minimum atomic E-state index is -0.504. The second kappa shape index (κ2) is 5.85. The number of likely N-dealkylation sites (tertiary alicyclic amines) is 1. The molecule has 0 aliphatic carbocycles. The summed E-state index contributed by atoms with van der Waals surface area (Å²) < 4.78 is 5.26. The van der Waals surface area contributed by atoms with Gasteiger partial charge in [-0.3, -0.25) is 4.79 Å². The Morgan fingerprint density at radius 2 is 2.23 bits per heavy atom. The van der Waals surface area contributed by atoms with E-state index in [1.807, 2.05) is 37.3 Å². The van der Waals surface area contributed by atoms with Crippen LogP contribution in [0.2, 0.25) is 0 Å². The first-order valence-corrected chi connectivity index (χ1v) is 7.37. The van der Waals surface area contributed by atoms with Crippen molar-refractivity contribution in [3.63, 3.8) is 0 Å². The summed E-state index contributed by atoms with van der Waals surface area (Å²) in [5, 5.41) is 10.0. The van der Waals surface area contributed by atoms with Crippen LogP contribution in [0.4, 0.5) is 0 Å². The lowest BCUT2D eigenvalue weighted by molar-refractivity contribution is 0.0709. The number of β-amino-alcohol motifs (C(OH)–C–C–N with tert-alkyl or cyclic N) is 1. The van der Waals surface area contributed by atoms with Gasteiger partial charge in [-0.25, -0.2) is 0 Å². The number of benzene rings is 1. The van der Waals surface area contributed by atoms with Crippen LogP contribution in [0, 0.1) is 6.92 Å². The molecule has 1 aliphatic heterocycles. The number of carbonyl (C=O) groups excluding carboxylic acids is 1. The van der Waals surface area contributed by atoms with Crippen molar-refractivity contribution in [3.8, 4) is 5.75 Å². The number of ether oxygens (including phenoxy) is 1. The van der Waals surface area contributed by atoms with Gasteiger partial charge >= 0.3 is 0 Å². The molecule has 116 valence electrons. The van der Waals surface area contributed by atoms with Crippen molar-refractivity contribution in [1.29, 1.82) is 0 Å². The van der Waals surface area contributed by atoms with E-state index in [0.717, 1.165) is 16.9 Å². The number of nitrogens with zero attached hydrogens (tertiary/aromatic N) is 1. The summed E-state index contributed by atoms with van der Waals surface area (Å²) >= 11 is 0. The summed E-state index contributed by atoms with van der Waals surface area (Å²) in [4.78, 5) is 17.5. The minimum Gasteiger partial charge on any atom is -0.497 e. The van der Waals surface area contributed by atoms with Crippen molar-refractivity contribution in [1.82, 2.24) is 9.88 Å². The molecule has 3 rings (SSSR count). The summed E-state index contributed by atoms with van der Waals surface area (Å²) in [7, 11) is 1.62. The highest BCUT2D eigenvalue weighted by atomic mass is 16.5. The van der Waals surface area contributed by atoms with E-state index in [-0.39, 0.29) is 11.9 Å². The maximum atomic E-state index is 12.8. The lowest BCUT2D eigenvalue weighted by Crippen LogP contribution is -2.32. The smallest absolute Gasteiger partial charge is 0.271 e. The number of aromatic nitrogens is 1. The molecule has 1 fully saturated rings. The molecular weight excluding hydrogens is 280 g/mol. The van der Waals surface area contributed by atoms with Gasteiger partial charge in [0, 0.05) is 12.7 Å². The number of aryl methyl sites for hydroxylation is 1. The molecule has 0 unspecified atom stereocenters. The minimum absolute atomic E-state index is 0.0770. The van der Waals surface area contributed by atoms with Gasteiger partial charge in [0.25, 0.3) is 5.91 Å². The van der Waals surface area contributed by atoms with Crippen LogP contribution in [0.15, 0.2) is 36.5 Å². The zero-order valence-corrected chi connectivity index (χ0v) is 12.7. The molecule has 0 radical (unpaired) electrons. The third kappa shape index (κ3) is 2.60.